The van der Waals surface area contributed by atoms with Crippen LogP contribution in [-0.2, 0) is 13.1 Å². The van der Waals surface area contributed by atoms with Crippen LogP contribution in [0.2, 0.25) is 15.2 Å². The molecule has 0 spiro atoms. The number of carboxylic acid groups (broad SMARTS) is 1. The molecule has 9 heteroatoms. The van der Waals surface area contributed by atoms with Crippen molar-refractivity contribution in [3.63, 3.8) is 0 Å². The molecule has 3 rings (SSSR count). The summed E-state index contributed by atoms with van der Waals surface area (Å²) in [4.78, 5) is 24.4. The van der Waals surface area contributed by atoms with Crippen molar-refractivity contribution in [2.24, 2.45) is 0 Å². The van der Waals surface area contributed by atoms with E-state index in [0.29, 0.717) is 28.0 Å². The molecule has 0 saturated carbocycles. The van der Waals surface area contributed by atoms with Crippen LogP contribution in [0.25, 0.3) is 11.3 Å². The fraction of sp³-hybridized carbons (Fsp3) is 0.167. The molecular weight excluding hydrogens is 413 g/mol. The summed E-state index contributed by atoms with van der Waals surface area (Å²) in [6.45, 7) is 2.48. The number of halogens is 3. The first-order valence-corrected chi connectivity index (χ1v) is 9.09. The number of pyridine rings is 1. The first-order valence-electron chi connectivity index (χ1n) is 7.96. The molecule has 2 heterocycles. The van der Waals surface area contributed by atoms with Crippen LogP contribution < -0.4 is 5.43 Å². The number of hydrogen-bond acceptors (Lipinski definition) is 3. The van der Waals surface area contributed by atoms with Crippen molar-refractivity contribution in [2.75, 3.05) is 0 Å². The van der Waals surface area contributed by atoms with Crippen molar-refractivity contribution in [1.29, 1.82) is 0 Å². The van der Waals surface area contributed by atoms with Crippen molar-refractivity contribution in [2.45, 2.75) is 20.0 Å². The van der Waals surface area contributed by atoms with Gasteiger partial charge in [-0.25, -0.2) is 9.48 Å². The van der Waals surface area contributed by atoms with Crippen LogP contribution >= 0.6 is 34.8 Å². The van der Waals surface area contributed by atoms with Crippen molar-refractivity contribution in [3.8, 4) is 11.3 Å². The Bertz CT molecular complexity index is 1090. The first kappa shape index (κ1) is 19.5. The van der Waals surface area contributed by atoms with Crippen molar-refractivity contribution in [3.05, 3.63) is 73.2 Å². The highest BCUT2D eigenvalue weighted by atomic mass is 35.5. The average molecular weight is 427 g/mol. The number of rotatable bonds is 5. The third-order valence-corrected chi connectivity index (χ3v) is 5.16. The van der Waals surface area contributed by atoms with Gasteiger partial charge in [-0.1, -0.05) is 40.9 Å². The molecule has 27 heavy (non-hydrogen) atoms. The lowest BCUT2D eigenvalue weighted by molar-refractivity contribution is 0.0695. The van der Waals surface area contributed by atoms with E-state index < -0.39 is 11.4 Å². The van der Waals surface area contributed by atoms with E-state index in [4.69, 9.17) is 34.8 Å². The van der Waals surface area contributed by atoms with E-state index in [0.717, 1.165) is 0 Å². The molecule has 3 aromatic rings. The lowest BCUT2D eigenvalue weighted by Crippen LogP contribution is -2.24. The summed E-state index contributed by atoms with van der Waals surface area (Å²) in [7, 11) is 0. The molecule has 1 aromatic carbocycles. The van der Waals surface area contributed by atoms with Gasteiger partial charge in [0, 0.05) is 23.9 Å². The molecule has 140 valence electrons. The molecule has 0 atom stereocenters. The van der Waals surface area contributed by atoms with Gasteiger partial charge in [0.15, 0.2) is 5.43 Å². The van der Waals surface area contributed by atoms with E-state index in [1.807, 2.05) is 6.92 Å². The summed E-state index contributed by atoms with van der Waals surface area (Å²) in [6.07, 6.45) is 1.54. The summed E-state index contributed by atoms with van der Waals surface area (Å²) >= 11 is 18.2. The molecule has 0 unspecified atom stereocenters. The van der Waals surface area contributed by atoms with Gasteiger partial charge < -0.3 is 9.67 Å². The second-order valence-electron chi connectivity index (χ2n) is 5.71. The lowest BCUT2D eigenvalue weighted by Gasteiger charge is -2.20. The van der Waals surface area contributed by atoms with Gasteiger partial charge in [0.05, 0.1) is 28.5 Å². The number of nitrogens with zero attached hydrogens (tertiary/aromatic N) is 3. The van der Waals surface area contributed by atoms with E-state index in [2.05, 4.69) is 5.10 Å². The zero-order valence-electron chi connectivity index (χ0n) is 14.1. The number of aromatic carboxylic acids is 1. The quantitative estimate of drug-likeness (QED) is 0.654. The Balaban J connectivity index is 2.31. The van der Waals surface area contributed by atoms with Gasteiger partial charge in [0.1, 0.15) is 10.7 Å². The number of carbonyl (C=O) groups is 1. The third kappa shape index (κ3) is 3.74. The zero-order chi connectivity index (χ0) is 19.7. The van der Waals surface area contributed by atoms with Crippen LogP contribution in [0.3, 0.4) is 0 Å². The highest BCUT2D eigenvalue weighted by Gasteiger charge is 2.22. The molecule has 0 amide bonds. The summed E-state index contributed by atoms with van der Waals surface area (Å²) < 4.78 is 3.25. The maximum atomic E-state index is 12.6. The lowest BCUT2D eigenvalue weighted by atomic mass is 10.0. The predicted molar refractivity (Wildman–Crippen MR) is 105 cm³/mol. The molecule has 0 aliphatic rings. The van der Waals surface area contributed by atoms with Crippen molar-refractivity contribution in [1.82, 2.24) is 14.3 Å². The Morgan fingerprint density at radius 2 is 1.89 bits per heavy atom. The molecule has 6 nitrogen and oxygen atoms in total. The molecule has 0 aliphatic heterocycles. The van der Waals surface area contributed by atoms with Gasteiger partial charge in [0.25, 0.3) is 0 Å². The van der Waals surface area contributed by atoms with Gasteiger partial charge in [-0.3, -0.25) is 4.79 Å². The molecule has 0 bridgehead atoms. The van der Waals surface area contributed by atoms with E-state index in [1.165, 1.54) is 10.7 Å². The van der Waals surface area contributed by atoms with E-state index in [1.54, 1.807) is 35.0 Å². The highest BCUT2D eigenvalue weighted by molar-refractivity contribution is 6.42. The van der Waals surface area contributed by atoms with E-state index >= 15 is 0 Å². The Morgan fingerprint density at radius 1 is 1.15 bits per heavy atom. The topological polar surface area (TPSA) is 77.1 Å². The molecule has 0 aliphatic carbocycles. The second-order valence-corrected chi connectivity index (χ2v) is 6.92. The Labute approximate surface area is 169 Å². The zero-order valence-corrected chi connectivity index (χ0v) is 16.4. The van der Waals surface area contributed by atoms with Crippen LogP contribution in [0, 0.1) is 0 Å². The highest BCUT2D eigenvalue weighted by Crippen LogP contribution is 2.30. The minimum Gasteiger partial charge on any atom is -0.477 e. The Kier molecular flexibility index (Phi) is 5.60. The van der Waals surface area contributed by atoms with Crippen LogP contribution in [0.1, 0.15) is 23.0 Å². The van der Waals surface area contributed by atoms with Crippen molar-refractivity contribution >= 4 is 40.8 Å². The van der Waals surface area contributed by atoms with Gasteiger partial charge in [-0.2, -0.15) is 5.10 Å². The number of benzene rings is 1. The molecule has 0 radical (unpaired) electrons. The fourth-order valence-corrected chi connectivity index (χ4v) is 3.38. The van der Waals surface area contributed by atoms with Gasteiger partial charge in [-0.15, -0.1) is 0 Å². The second kappa shape index (κ2) is 7.76. The van der Waals surface area contributed by atoms with Gasteiger partial charge in [0.2, 0.25) is 0 Å². The van der Waals surface area contributed by atoms with Gasteiger partial charge in [-0.05, 0) is 25.1 Å². The minimum absolute atomic E-state index is 0.211. The van der Waals surface area contributed by atoms with Gasteiger partial charge >= 0.3 is 5.97 Å². The summed E-state index contributed by atoms with van der Waals surface area (Å²) in [6, 6.07) is 7.66. The molecule has 0 saturated heterocycles. The average Bonchev–Trinajstić information content (AvgIpc) is 3.01. The normalized spacial score (nSPS) is 11.0. The molecule has 2 aromatic heterocycles. The first-order chi connectivity index (χ1) is 12.8. The minimum atomic E-state index is -1.31. The summed E-state index contributed by atoms with van der Waals surface area (Å²) in [5.41, 5.74) is 0.375. The maximum absolute atomic E-state index is 12.6. The van der Waals surface area contributed by atoms with Crippen LogP contribution in [0.5, 0.6) is 0 Å². The van der Waals surface area contributed by atoms with Crippen LogP contribution in [0.15, 0.2) is 41.3 Å². The Morgan fingerprint density at radius 3 is 2.44 bits per heavy atom. The number of aromatic nitrogens is 3. The fourth-order valence-electron chi connectivity index (χ4n) is 2.93. The Hall–Kier alpha value is -2.28. The van der Waals surface area contributed by atoms with E-state index in [9.17, 15) is 14.7 Å². The van der Waals surface area contributed by atoms with Crippen molar-refractivity contribution < 1.29 is 9.90 Å². The molecule has 0 fully saturated rings. The molecule has 1 N–H and O–H groups in total. The SMILES string of the molecule is CCn1c(Cn2nccc2Cl)cc(=O)c(C(=O)O)c1-c1ccc(Cl)c(Cl)c1. The number of carboxylic acids is 1. The smallest absolute Gasteiger partial charge is 0.341 e. The van der Waals surface area contributed by atoms with E-state index in [-0.39, 0.29) is 22.8 Å². The van der Waals surface area contributed by atoms with Crippen LogP contribution in [0.4, 0.5) is 0 Å². The summed E-state index contributed by atoms with van der Waals surface area (Å²) in [5, 5.41) is 14.8. The maximum Gasteiger partial charge on any atom is 0.341 e. The predicted octanol–water partition coefficient (Wildman–Crippen LogP) is 4.44. The van der Waals surface area contributed by atoms with Crippen LogP contribution in [-0.4, -0.2) is 25.4 Å². The molecular formula is C18H14Cl3N3O3. The monoisotopic (exact) mass is 425 g/mol. The largest absolute Gasteiger partial charge is 0.477 e. The standard InChI is InChI=1S/C18H14Cl3N3O3/c1-2-23-11(9-24-15(21)5-6-22-24)8-14(25)16(18(26)27)17(23)10-3-4-12(19)13(20)7-10/h3-8H,2,9H2,1H3,(H,26,27). The third-order valence-electron chi connectivity index (χ3n) is 4.10. The number of hydrogen-bond donors (Lipinski definition) is 1. The summed E-state index contributed by atoms with van der Waals surface area (Å²) in [5.74, 6) is -1.31.